The molecule has 0 saturated carbocycles. The van der Waals surface area contributed by atoms with Crippen molar-refractivity contribution in [2.24, 2.45) is 0 Å². The van der Waals surface area contributed by atoms with Crippen molar-refractivity contribution in [1.29, 1.82) is 0 Å². The fourth-order valence-electron chi connectivity index (χ4n) is 1.56. The summed E-state index contributed by atoms with van der Waals surface area (Å²) in [5, 5.41) is 5.80. The molecule has 1 heterocycles. The van der Waals surface area contributed by atoms with Crippen molar-refractivity contribution in [1.82, 2.24) is 20.6 Å². The largest absolute Gasteiger partial charge is 0.355 e. The molecule has 1 aromatic heterocycles. The zero-order chi connectivity index (χ0) is 13.4. The third kappa shape index (κ3) is 4.29. The van der Waals surface area contributed by atoms with E-state index in [-0.39, 0.29) is 12.5 Å². The van der Waals surface area contributed by atoms with Crippen LogP contribution in [0.15, 0.2) is 12.4 Å². The highest BCUT2D eigenvalue weighted by Gasteiger charge is 2.11. The number of carbonyl (C=O) groups is 1. The van der Waals surface area contributed by atoms with Gasteiger partial charge in [0.25, 0.3) is 0 Å². The Bertz CT molecular complexity index is 365. The van der Waals surface area contributed by atoms with Crippen molar-refractivity contribution in [2.45, 2.75) is 20.4 Å². The van der Waals surface area contributed by atoms with Crippen molar-refractivity contribution in [3.63, 3.8) is 0 Å². The van der Waals surface area contributed by atoms with Crippen LogP contribution in [0.3, 0.4) is 0 Å². The van der Waals surface area contributed by atoms with Crippen molar-refractivity contribution in [3.05, 3.63) is 18.0 Å². The predicted octanol–water partition coefficient (Wildman–Crippen LogP) is 0.158. The van der Waals surface area contributed by atoms with E-state index in [4.69, 9.17) is 0 Å². The number of amides is 1. The molecule has 0 aromatic carbocycles. The minimum absolute atomic E-state index is 0.0118. The number of rotatable bonds is 7. The van der Waals surface area contributed by atoms with Gasteiger partial charge in [0, 0.05) is 37.6 Å². The standard InChI is InChI=1S/C12H21N5O/c1-4-14-11(18)9-17(5-2)12-15-7-10(6-13-3)8-16-12/h7-8,13H,4-6,9H2,1-3H3,(H,14,18). The highest BCUT2D eigenvalue weighted by Crippen LogP contribution is 2.06. The van der Waals surface area contributed by atoms with Crippen LogP contribution in [0.2, 0.25) is 0 Å². The summed E-state index contributed by atoms with van der Waals surface area (Å²) in [4.78, 5) is 21.9. The maximum Gasteiger partial charge on any atom is 0.239 e. The molecule has 100 valence electrons. The highest BCUT2D eigenvalue weighted by atomic mass is 16.2. The number of likely N-dealkylation sites (N-methyl/N-ethyl adjacent to an activating group) is 2. The lowest BCUT2D eigenvalue weighted by Crippen LogP contribution is -2.37. The lowest BCUT2D eigenvalue weighted by Gasteiger charge is -2.19. The molecule has 0 unspecified atom stereocenters. The maximum atomic E-state index is 11.5. The van der Waals surface area contributed by atoms with E-state index < -0.39 is 0 Å². The van der Waals surface area contributed by atoms with E-state index in [0.29, 0.717) is 19.0 Å². The highest BCUT2D eigenvalue weighted by molar-refractivity contribution is 5.80. The predicted molar refractivity (Wildman–Crippen MR) is 71.4 cm³/mol. The second kappa shape index (κ2) is 7.60. The summed E-state index contributed by atoms with van der Waals surface area (Å²) in [6.45, 7) is 6.24. The van der Waals surface area contributed by atoms with E-state index in [1.54, 1.807) is 12.4 Å². The van der Waals surface area contributed by atoms with Crippen molar-refractivity contribution in [3.8, 4) is 0 Å². The molecule has 1 rings (SSSR count). The molecule has 1 aromatic rings. The van der Waals surface area contributed by atoms with Crippen LogP contribution in [-0.4, -0.2) is 42.6 Å². The van der Waals surface area contributed by atoms with Crippen LogP contribution >= 0.6 is 0 Å². The molecule has 0 aliphatic carbocycles. The van der Waals surface area contributed by atoms with Gasteiger partial charge < -0.3 is 15.5 Å². The normalized spacial score (nSPS) is 10.2. The molecule has 0 bridgehead atoms. The Labute approximate surface area is 108 Å². The third-order valence-electron chi connectivity index (χ3n) is 2.45. The maximum absolute atomic E-state index is 11.5. The van der Waals surface area contributed by atoms with Crippen LogP contribution in [0.4, 0.5) is 5.95 Å². The smallest absolute Gasteiger partial charge is 0.239 e. The second-order valence-electron chi connectivity index (χ2n) is 3.89. The number of nitrogens with one attached hydrogen (secondary N) is 2. The fourth-order valence-corrected chi connectivity index (χ4v) is 1.56. The zero-order valence-corrected chi connectivity index (χ0v) is 11.2. The van der Waals surface area contributed by atoms with Gasteiger partial charge in [-0.2, -0.15) is 0 Å². The topological polar surface area (TPSA) is 70.2 Å². The minimum Gasteiger partial charge on any atom is -0.355 e. The molecule has 18 heavy (non-hydrogen) atoms. The van der Waals surface area contributed by atoms with Crippen LogP contribution in [0.5, 0.6) is 0 Å². The molecule has 1 amide bonds. The lowest BCUT2D eigenvalue weighted by molar-refractivity contribution is -0.119. The molecule has 0 spiro atoms. The van der Waals surface area contributed by atoms with Crippen LogP contribution in [0.1, 0.15) is 19.4 Å². The quantitative estimate of drug-likeness (QED) is 0.722. The summed E-state index contributed by atoms with van der Waals surface area (Å²) < 4.78 is 0. The first kappa shape index (κ1) is 14.4. The van der Waals surface area contributed by atoms with E-state index in [9.17, 15) is 4.79 Å². The minimum atomic E-state index is -0.0118. The van der Waals surface area contributed by atoms with Crippen LogP contribution in [0.25, 0.3) is 0 Å². The van der Waals surface area contributed by atoms with Crippen LogP contribution < -0.4 is 15.5 Å². The SMILES string of the molecule is CCNC(=O)CN(CC)c1ncc(CNC)cn1. The van der Waals surface area contributed by atoms with E-state index >= 15 is 0 Å². The van der Waals surface area contributed by atoms with Gasteiger partial charge in [-0.3, -0.25) is 4.79 Å². The Morgan fingerprint density at radius 1 is 1.33 bits per heavy atom. The van der Waals surface area contributed by atoms with Crippen LogP contribution in [0, 0.1) is 0 Å². The second-order valence-corrected chi connectivity index (χ2v) is 3.89. The molecular weight excluding hydrogens is 230 g/mol. The average Bonchev–Trinajstić information content (AvgIpc) is 2.38. The monoisotopic (exact) mass is 251 g/mol. The van der Waals surface area contributed by atoms with Gasteiger partial charge >= 0.3 is 0 Å². The number of anilines is 1. The molecule has 6 nitrogen and oxygen atoms in total. The zero-order valence-electron chi connectivity index (χ0n) is 11.2. The average molecular weight is 251 g/mol. The fraction of sp³-hybridized carbons (Fsp3) is 0.583. The van der Waals surface area contributed by atoms with E-state index in [0.717, 1.165) is 12.1 Å². The number of carbonyl (C=O) groups excluding carboxylic acids is 1. The third-order valence-corrected chi connectivity index (χ3v) is 2.45. The van der Waals surface area contributed by atoms with E-state index in [2.05, 4.69) is 20.6 Å². The Hall–Kier alpha value is -1.69. The summed E-state index contributed by atoms with van der Waals surface area (Å²) >= 11 is 0. The molecule has 0 aliphatic rings. The van der Waals surface area contributed by atoms with Gasteiger partial charge in [-0.1, -0.05) is 0 Å². The Balaban J connectivity index is 2.66. The first-order valence-electron chi connectivity index (χ1n) is 6.18. The first-order chi connectivity index (χ1) is 8.71. The first-order valence-corrected chi connectivity index (χ1v) is 6.18. The van der Waals surface area contributed by atoms with Crippen molar-refractivity contribution >= 4 is 11.9 Å². The van der Waals surface area contributed by atoms with Crippen molar-refractivity contribution in [2.75, 3.05) is 31.6 Å². The Morgan fingerprint density at radius 2 is 2.00 bits per heavy atom. The molecule has 2 N–H and O–H groups in total. The summed E-state index contributed by atoms with van der Waals surface area (Å²) in [6, 6.07) is 0. The number of nitrogens with zero attached hydrogens (tertiary/aromatic N) is 3. The van der Waals surface area contributed by atoms with Gasteiger partial charge in [0.2, 0.25) is 11.9 Å². The molecule has 0 radical (unpaired) electrons. The molecule has 0 aliphatic heterocycles. The summed E-state index contributed by atoms with van der Waals surface area (Å²) in [6.07, 6.45) is 3.55. The lowest BCUT2D eigenvalue weighted by atomic mass is 10.3. The van der Waals surface area contributed by atoms with Gasteiger partial charge in [0.05, 0.1) is 6.54 Å². The summed E-state index contributed by atoms with van der Waals surface area (Å²) in [7, 11) is 1.88. The molecule has 0 atom stereocenters. The molecular formula is C12H21N5O. The molecule has 6 heteroatoms. The van der Waals surface area contributed by atoms with Gasteiger partial charge in [0.15, 0.2) is 0 Å². The van der Waals surface area contributed by atoms with Crippen LogP contribution in [-0.2, 0) is 11.3 Å². The number of hydrogen-bond acceptors (Lipinski definition) is 5. The van der Waals surface area contributed by atoms with E-state index in [1.165, 1.54) is 0 Å². The van der Waals surface area contributed by atoms with Gasteiger partial charge in [-0.05, 0) is 20.9 Å². The van der Waals surface area contributed by atoms with Gasteiger partial charge in [-0.15, -0.1) is 0 Å². The van der Waals surface area contributed by atoms with Gasteiger partial charge in [0.1, 0.15) is 0 Å². The Morgan fingerprint density at radius 3 is 2.50 bits per heavy atom. The number of aromatic nitrogens is 2. The summed E-state index contributed by atoms with van der Waals surface area (Å²) in [5.74, 6) is 0.575. The molecule has 0 fully saturated rings. The van der Waals surface area contributed by atoms with Gasteiger partial charge in [-0.25, -0.2) is 9.97 Å². The molecule has 0 saturated heterocycles. The number of hydrogen-bond donors (Lipinski definition) is 2. The van der Waals surface area contributed by atoms with E-state index in [1.807, 2.05) is 25.8 Å². The Kier molecular flexibility index (Phi) is 6.07. The van der Waals surface area contributed by atoms with Crippen molar-refractivity contribution < 1.29 is 4.79 Å². The summed E-state index contributed by atoms with van der Waals surface area (Å²) in [5.41, 5.74) is 1.02.